The molecule has 0 unspecified atom stereocenters. The number of carbonyl (C=O) groups excluding carboxylic acids is 2. The van der Waals surface area contributed by atoms with Gasteiger partial charge in [-0.3, -0.25) is 9.59 Å². The Hall–Kier alpha value is -3.02. The first-order valence-electron chi connectivity index (χ1n) is 6.68. The molecule has 1 heterocycles. The Morgan fingerprint density at radius 3 is 2.91 bits per heavy atom. The van der Waals surface area contributed by atoms with Gasteiger partial charge in [0.25, 0.3) is 11.8 Å². The van der Waals surface area contributed by atoms with E-state index in [4.69, 9.17) is 9.47 Å². The van der Waals surface area contributed by atoms with E-state index in [9.17, 15) is 9.59 Å². The Bertz CT molecular complexity index is 743. The van der Waals surface area contributed by atoms with Crippen molar-refractivity contribution in [3.8, 4) is 11.5 Å². The first kappa shape index (κ1) is 13.9. The second-order valence-electron chi connectivity index (χ2n) is 4.70. The zero-order valence-corrected chi connectivity index (χ0v) is 11.9. The summed E-state index contributed by atoms with van der Waals surface area (Å²) >= 11 is 0. The van der Waals surface area contributed by atoms with Gasteiger partial charge in [-0.05, 0) is 30.3 Å². The number of amides is 2. The molecule has 1 aliphatic rings. The molecule has 1 aliphatic heterocycles. The van der Waals surface area contributed by atoms with Crippen LogP contribution in [0.4, 0.5) is 11.4 Å². The van der Waals surface area contributed by atoms with Gasteiger partial charge in [-0.1, -0.05) is 12.1 Å². The van der Waals surface area contributed by atoms with Gasteiger partial charge in [0.15, 0.2) is 6.61 Å². The highest BCUT2D eigenvalue weighted by Gasteiger charge is 2.18. The van der Waals surface area contributed by atoms with Gasteiger partial charge in [0.05, 0.1) is 18.5 Å². The largest absolute Gasteiger partial charge is 0.495 e. The number of benzene rings is 2. The normalized spacial score (nSPS) is 12.7. The van der Waals surface area contributed by atoms with Crippen molar-refractivity contribution in [2.75, 3.05) is 24.4 Å². The van der Waals surface area contributed by atoms with E-state index in [-0.39, 0.29) is 18.4 Å². The third kappa shape index (κ3) is 2.71. The standard InChI is InChI=1S/C16H14N2O4/c1-21-13-5-3-2-4-11(13)18-16(20)10-6-7-14-12(8-10)17-15(19)9-22-14/h2-8H,9H2,1H3,(H,17,19)(H,18,20). The minimum atomic E-state index is -0.299. The van der Waals surface area contributed by atoms with Crippen LogP contribution in [0.15, 0.2) is 42.5 Å². The molecule has 2 N–H and O–H groups in total. The van der Waals surface area contributed by atoms with Crippen molar-refractivity contribution in [3.05, 3.63) is 48.0 Å². The molecular formula is C16H14N2O4. The van der Waals surface area contributed by atoms with Gasteiger partial charge in [-0.15, -0.1) is 0 Å². The van der Waals surface area contributed by atoms with Crippen molar-refractivity contribution < 1.29 is 19.1 Å². The maximum absolute atomic E-state index is 12.3. The molecule has 2 aromatic rings. The van der Waals surface area contributed by atoms with E-state index >= 15 is 0 Å². The smallest absolute Gasteiger partial charge is 0.262 e. The monoisotopic (exact) mass is 298 g/mol. The van der Waals surface area contributed by atoms with E-state index in [0.29, 0.717) is 28.4 Å². The number of anilines is 2. The van der Waals surface area contributed by atoms with Crippen molar-refractivity contribution in [2.24, 2.45) is 0 Å². The molecule has 0 saturated heterocycles. The Morgan fingerprint density at radius 2 is 2.09 bits per heavy atom. The number of carbonyl (C=O) groups is 2. The molecule has 0 atom stereocenters. The summed E-state index contributed by atoms with van der Waals surface area (Å²) in [5, 5.41) is 5.45. The molecule has 0 aromatic heterocycles. The van der Waals surface area contributed by atoms with Gasteiger partial charge in [0.1, 0.15) is 11.5 Å². The summed E-state index contributed by atoms with van der Waals surface area (Å²) in [6.07, 6.45) is 0. The van der Waals surface area contributed by atoms with E-state index in [2.05, 4.69) is 10.6 Å². The summed E-state index contributed by atoms with van der Waals surface area (Å²) in [7, 11) is 1.54. The Balaban J connectivity index is 1.83. The van der Waals surface area contributed by atoms with Crippen LogP contribution in [-0.4, -0.2) is 25.5 Å². The maximum Gasteiger partial charge on any atom is 0.262 e. The molecular weight excluding hydrogens is 284 g/mol. The second kappa shape index (κ2) is 5.77. The van der Waals surface area contributed by atoms with Gasteiger partial charge in [0, 0.05) is 5.56 Å². The predicted molar refractivity (Wildman–Crippen MR) is 81.5 cm³/mol. The quantitative estimate of drug-likeness (QED) is 0.911. The molecule has 3 rings (SSSR count). The van der Waals surface area contributed by atoms with E-state index in [1.807, 2.05) is 6.07 Å². The van der Waals surface area contributed by atoms with Crippen LogP contribution in [0, 0.1) is 0 Å². The first-order chi connectivity index (χ1) is 10.7. The lowest BCUT2D eigenvalue weighted by Crippen LogP contribution is -2.25. The Kier molecular flexibility index (Phi) is 3.65. The number of rotatable bonds is 3. The molecule has 0 radical (unpaired) electrons. The Morgan fingerprint density at radius 1 is 1.27 bits per heavy atom. The van der Waals surface area contributed by atoms with E-state index in [1.165, 1.54) is 7.11 Å². The van der Waals surface area contributed by atoms with E-state index < -0.39 is 0 Å². The van der Waals surface area contributed by atoms with Crippen LogP contribution >= 0.6 is 0 Å². The summed E-state index contributed by atoms with van der Waals surface area (Å²) < 4.78 is 10.5. The molecule has 0 saturated carbocycles. The van der Waals surface area contributed by atoms with E-state index in [1.54, 1.807) is 36.4 Å². The lowest BCUT2D eigenvalue weighted by molar-refractivity contribution is -0.118. The number of fused-ring (bicyclic) bond motifs is 1. The van der Waals surface area contributed by atoms with E-state index in [0.717, 1.165) is 0 Å². The van der Waals surface area contributed by atoms with Crippen LogP contribution in [0.2, 0.25) is 0 Å². The molecule has 6 nitrogen and oxygen atoms in total. The number of para-hydroxylation sites is 2. The molecule has 2 aromatic carbocycles. The van der Waals surface area contributed by atoms with Gasteiger partial charge in [-0.25, -0.2) is 0 Å². The predicted octanol–water partition coefficient (Wildman–Crippen LogP) is 2.28. The van der Waals surface area contributed by atoms with Crippen molar-refractivity contribution in [1.29, 1.82) is 0 Å². The van der Waals surface area contributed by atoms with Crippen LogP contribution in [0.3, 0.4) is 0 Å². The highest BCUT2D eigenvalue weighted by Crippen LogP contribution is 2.29. The third-order valence-electron chi connectivity index (χ3n) is 3.23. The highest BCUT2D eigenvalue weighted by molar-refractivity contribution is 6.06. The lowest BCUT2D eigenvalue weighted by Gasteiger charge is -2.18. The first-order valence-corrected chi connectivity index (χ1v) is 6.68. The SMILES string of the molecule is COc1ccccc1NC(=O)c1ccc2c(c1)NC(=O)CO2. The lowest BCUT2D eigenvalue weighted by atomic mass is 10.1. The summed E-state index contributed by atoms with van der Waals surface area (Å²) in [5.41, 5.74) is 1.48. The topological polar surface area (TPSA) is 76.7 Å². The molecule has 0 aliphatic carbocycles. The molecule has 0 bridgehead atoms. The van der Waals surface area contributed by atoms with Gasteiger partial charge in [-0.2, -0.15) is 0 Å². The van der Waals surface area contributed by atoms with Gasteiger partial charge in [0.2, 0.25) is 0 Å². The van der Waals surface area contributed by atoms with Crippen LogP contribution in [0.5, 0.6) is 11.5 Å². The second-order valence-corrected chi connectivity index (χ2v) is 4.70. The third-order valence-corrected chi connectivity index (χ3v) is 3.23. The molecule has 2 amide bonds. The van der Waals surface area contributed by atoms with Crippen LogP contribution in [-0.2, 0) is 4.79 Å². The minimum absolute atomic E-state index is 0.0141. The summed E-state index contributed by atoms with van der Waals surface area (Å²) in [6, 6.07) is 12.0. The number of hydrogen-bond donors (Lipinski definition) is 2. The van der Waals surface area contributed by atoms with Crippen molar-refractivity contribution in [2.45, 2.75) is 0 Å². The molecule has 6 heteroatoms. The van der Waals surface area contributed by atoms with Crippen LogP contribution in [0.1, 0.15) is 10.4 Å². The fourth-order valence-electron chi connectivity index (χ4n) is 2.17. The summed E-state index contributed by atoms with van der Waals surface area (Å²) in [5.74, 6) is 0.584. The molecule has 0 spiro atoms. The number of ether oxygens (including phenoxy) is 2. The van der Waals surface area contributed by atoms with Crippen LogP contribution < -0.4 is 20.1 Å². The van der Waals surface area contributed by atoms with Crippen molar-refractivity contribution >= 4 is 23.2 Å². The highest BCUT2D eigenvalue weighted by atomic mass is 16.5. The van der Waals surface area contributed by atoms with Crippen LogP contribution in [0.25, 0.3) is 0 Å². The van der Waals surface area contributed by atoms with Gasteiger partial charge >= 0.3 is 0 Å². The average molecular weight is 298 g/mol. The fourth-order valence-corrected chi connectivity index (χ4v) is 2.17. The maximum atomic E-state index is 12.3. The molecule has 0 fully saturated rings. The number of hydrogen-bond acceptors (Lipinski definition) is 4. The molecule has 112 valence electrons. The number of nitrogens with one attached hydrogen (secondary N) is 2. The minimum Gasteiger partial charge on any atom is -0.495 e. The number of methoxy groups -OCH3 is 1. The summed E-state index contributed by atoms with van der Waals surface area (Å²) in [6.45, 7) is -0.0141. The zero-order chi connectivity index (χ0) is 15.5. The Labute approximate surface area is 127 Å². The van der Waals surface area contributed by atoms with Crippen molar-refractivity contribution in [3.63, 3.8) is 0 Å². The summed E-state index contributed by atoms with van der Waals surface area (Å²) in [4.78, 5) is 23.7. The molecule has 22 heavy (non-hydrogen) atoms. The van der Waals surface area contributed by atoms with Gasteiger partial charge < -0.3 is 20.1 Å². The van der Waals surface area contributed by atoms with Crippen molar-refractivity contribution in [1.82, 2.24) is 0 Å². The average Bonchev–Trinajstić information content (AvgIpc) is 2.54. The zero-order valence-electron chi connectivity index (χ0n) is 11.9. The fraction of sp³-hybridized carbons (Fsp3) is 0.125.